The Morgan fingerprint density at radius 2 is 2.08 bits per heavy atom. The largest absolute Gasteiger partial charge is 0.319 e. The van der Waals surface area contributed by atoms with Crippen LogP contribution < -0.4 is 10.9 Å². The van der Waals surface area contributed by atoms with Crippen LogP contribution >= 0.6 is 15.9 Å². The van der Waals surface area contributed by atoms with Gasteiger partial charge in [0, 0.05) is 25.1 Å². The zero-order valence-electron chi connectivity index (χ0n) is 13.0. The second-order valence-electron chi connectivity index (χ2n) is 5.18. The molecule has 122 valence electrons. The van der Waals surface area contributed by atoms with E-state index in [0.29, 0.717) is 11.5 Å². The number of anilines is 1. The number of carbonyl (C=O) groups is 1. The van der Waals surface area contributed by atoms with Gasteiger partial charge >= 0.3 is 0 Å². The second-order valence-corrected chi connectivity index (χ2v) is 6.10. The lowest BCUT2D eigenvalue weighted by Gasteiger charge is -2.11. The lowest BCUT2D eigenvalue weighted by atomic mass is 10.2. The van der Waals surface area contributed by atoms with E-state index >= 15 is 0 Å². The van der Waals surface area contributed by atoms with Gasteiger partial charge in [0.15, 0.2) is 5.82 Å². The van der Waals surface area contributed by atoms with Crippen LogP contribution in [0.2, 0.25) is 0 Å². The summed E-state index contributed by atoms with van der Waals surface area (Å²) in [6, 6.07) is 6.65. The van der Waals surface area contributed by atoms with Crippen molar-refractivity contribution in [2.75, 3.05) is 5.32 Å². The van der Waals surface area contributed by atoms with Gasteiger partial charge in [-0.2, -0.15) is 5.10 Å². The van der Waals surface area contributed by atoms with Crippen molar-refractivity contribution in [3.63, 3.8) is 0 Å². The maximum absolute atomic E-state index is 12.5. The lowest BCUT2D eigenvalue weighted by molar-refractivity contribution is 0.102. The topological polar surface area (TPSA) is 81.8 Å². The molecule has 0 bridgehead atoms. The van der Waals surface area contributed by atoms with E-state index in [2.05, 4.69) is 31.3 Å². The molecule has 3 rings (SSSR count). The zero-order valence-corrected chi connectivity index (χ0v) is 14.6. The van der Waals surface area contributed by atoms with Gasteiger partial charge in [0.1, 0.15) is 5.56 Å². The van der Waals surface area contributed by atoms with Gasteiger partial charge in [-0.05, 0) is 47.1 Å². The van der Waals surface area contributed by atoms with Crippen molar-refractivity contribution in [2.45, 2.75) is 6.92 Å². The first-order chi connectivity index (χ1) is 11.5. The highest BCUT2D eigenvalue weighted by Crippen LogP contribution is 2.19. The Labute approximate surface area is 146 Å². The highest BCUT2D eigenvalue weighted by molar-refractivity contribution is 9.10. The van der Waals surface area contributed by atoms with Crippen LogP contribution in [0.1, 0.15) is 16.1 Å². The quantitative estimate of drug-likeness (QED) is 0.747. The molecular weight excluding hydrogens is 374 g/mol. The minimum atomic E-state index is -0.490. The van der Waals surface area contributed by atoms with E-state index < -0.39 is 5.91 Å². The fourth-order valence-corrected chi connectivity index (χ4v) is 2.47. The van der Waals surface area contributed by atoms with Crippen molar-refractivity contribution < 1.29 is 4.79 Å². The molecule has 1 amide bonds. The van der Waals surface area contributed by atoms with Gasteiger partial charge in [0.05, 0.1) is 16.4 Å². The predicted molar refractivity (Wildman–Crippen MR) is 93.4 cm³/mol. The summed E-state index contributed by atoms with van der Waals surface area (Å²) in [5, 5.41) is 6.89. The van der Waals surface area contributed by atoms with Crippen LogP contribution in [-0.4, -0.2) is 25.2 Å². The third kappa shape index (κ3) is 3.00. The van der Waals surface area contributed by atoms with Gasteiger partial charge in [-0.15, -0.1) is 0 Å². The summed E-state index contributed by atoms with van der Waals surface area (Å²) >= 11 is 3.32. The molecule has 0 radical (unpaired) electrons. The van der Waals surface area contributed by atoms with Crippen LogP contribution in [0.4, 0.5) is 5.69 Å². The molecule has 0 aromatic carbocycles. The Morgan fingerprint density at radius 1 is 1.29 bits per heavy atom. The third-order valence-corrected chi connectivity index (χ3v) is 4.01. The van der Waals surface area contributed by atoms with Crippen molar-refractivity contribution in [1.29, 1.82) is 0 Å². The van der Waals surface area contributed by atoms with E-state index in [0.717, 1.165) is 10.2 Å². The van der Waals surface area contributed by atoms with Gasteiger partial charge in [-0.25, -0.2) is 9.67 Å². The highest BCUT2D eigenvalue weighted by atomic mass is 79.9. The Kier molecular flexibility index (Phi) is 4.30. The Bertz CT molecular complexity index is 977. The summed E-state index contributed by atoms with van der Waals surface area (Å²) in [6.45, 7) is 1.80. The van der Waals surface area contributed by atoms with E-state index in [-0.39, 0.29) is 11.1 Å². The molecule has 3 aromatic rings. The van der Waals surface area contributed by atoms with Crippen LogP contribution in [-0.2, 0) is 7.05 Å². The SMILES string of the molecule is Cc1ccc(C(=O)Nc2cccnc2-n2cc(Br)cn2)c(=O)n1C. The van der Waals surface area contributed by atoms with E-state index in [4.69, 9.17) is 0 Å². The monoisotopic (exact) mass is 387 g/mol. The second kappa shape index (κ2) is 6.40. The summed E-state index contributed by atoms with van der Waals surface area (Å²) in [4.78, 5) is 29.0. The molecule has 24 heavy (non-hydrogen) atoms. The van der Waals surface area contributed by atoms with Gasteiger partial charge < -0.3 is 9.88 Å². The number of aryl methyl sites for hydroxylation is 1. The zero-order chi connectivity index (χ0) is 17.3. The van der Waals surface area contributed by atoms with Crippen LogP contribution in [0.5, 0.6) is 0 Å². The first kappa shape index (κ1) is 16.1. The maximum atomic E-state index is 12.5. The molecule has 1 N–H and O–H groups in total. The van der Waals surface area contributed by atoms with Gasteiger partial charge in [-0.1, -0.05) is 0 Å². The number of hydrogen-bond donors (Lipinski definition) is 1. The van der Waals surface area contributed by atoms with E-state index in [1.807, 2.05) is 0 Å². The van der Waals surface area contributed by atoms with Crippen molar-refractivity contribution in [2.24, 2.45) is 7.05 Å². The minimum Gasteiger partial charge on any atom is -0.319 e. The Hall–Kier alpha value is -2.74. The summed E-state index contributed by atoms with van der Waals surface area (Å²) in [5.41, 5.74) is 0.958. The molecule has 0 atom stereocenters. The highest BCUT2D eigenvalue weighted by Gasteiger charge is 2.15. The van der Waals surface area contributed by atoms with Gasteiger partial charge in [-0.3, -0.25) is 9.59 Å². The molecule has 0 aliphatic carbocycles. The summed E-state index contributed by atoms with van der Waals surface area (Å²) in [7, 11) is 1.63. The summed E-state index contributed by atoms with van der Waals surface area (Å²) in [5.74, 6) is -0.0310. The van der Waals surface area contributed by atoms with Crippen molar-refractivity contribution in [1.82, 2.24) is 19.3 Å². The van der Waals surface area contributed by atoms with Crippen molar-refractivity contribution in [3.8, 4) is 5.82 Å². The molecule has 0 saturated heterocycles. The van der Waals surface area contributed by atoms with Gasteiger partial charge in [0.25, 0.3) is 11.5 Å². The standard InChI is InChI=1S/C16H14BrN5O2/c1-10-5-6-12(16(24)21(10)2)15(23)20-13-4-3-7-18-14(13)22-9-11(17)8-19-22/h3-9H,1-2H3,(H,20,23). The number of nitrogens with one attached hydrogen (secondary N) is 1. The predicted octanol–water partition coefficient (Wildman–Crippen LogP) is 2.29. The van der Waals surface area contributed by atoms with Crippen LogP contribution in [0, 0.1) is 6.92 Å². The molecule has 0 saturated carbocycles. The third-order valence-electron chi connectivity index (χ3n) is 3.60. The van der Waals surface area contributed by atoms with Crippen LogP contribution in [0.25, 0.3) is 5.82 Å². The number of halogens is 1. The molecular formula is C16H14BrN5O2. The number of hydrogen-bond acceptors (Lipinski definition) is 4. The minimum absolute atomic E-state index is 0.0690. The number of carbonyl (C=O) groups excluding carboxylic acids is 1. The van der Waals surface area contributed by atoms with E-state index in [1.54, 1.807) is 50.8 Å². The summed E-state index contributed by atoms with van der Waals surface area (Å²) < 4.78 is 3.76. The van der Waals surface area contributed by atoms with E-state index in [1.165, 1.54) is 15.3 Å². The molecule has 0 fully saturated rings. The van der Waals surface area contributed by atoms with Crippen LogP contribution in [0.15, 0.2) is 52.1 Å². The fourth-order valence-electron chi connectivity index (χ4n) is 2.18. The number of rotatable bonds is 3. The molecule has 0 unspecified atom stereocenters. The first-order valence-electron chi connectivity index (χ1n) is 7.11. The number of aromatic nitrogens is 4. The number of pyridine rings is 2. The maximum Gasteiger partial charge on any atom is 0.263 e. The Morgan fingerprint density at radius 3 is 2.79 bits per heavy atom. The van der Waals surface area contributed by atoms with Crippen molar-refractivity contribution in [3.05, 3.63) is 68.9 Å². The molecule has 3 aromatic heterocycles. The average Bonchev–Trinajstić information content (AvgIpc) is 2.99. The smallest absolute Gasteiger partial charge is 0.263 e. The molecule has 0 aliphatic rings. The Balaban J connectivity index is 1.97. The normalized spacial score (nSPS) is 10.6. The molecule has 0 aliphatic heterocycles. The molecule has 0 spiro atoms. The lowest BCUT2D eigenvalue weighted by Crippen LogP contribution is -2.28. The molecule has 8 heteroatoms. The number of amides is 1. The van der Waals surface area contributed by atoms with E-state index in [9.17, 15) is 9.59 Å². The average molecular weight is 388 g/mol. The first-order valence-corrected chi connectivity index (χ1v) is 7.90. The summed E-state index contributed by atoms with van der Waals surface area (Å²) in [6.07, 6.45) is 4.95. The molecule has 3 heterocycles. The fraction of sp³-hybridized carbons (Fsp3) is 0.125. The molecule has 7 nitrogen and oxygen atoms in total. The van der Waals surface area contributed by atoms with Crippen molar-refractivity contribution >= 4 is 27.5 Å². The number of nitrogens with zero attached hydrogens (tertiary/aromatic N) is 4. The van der Waals surface area contributed by atoms with Crippen LogP contribution in [0.3, 0.4) is 0 Å². The van der Waals surface area contributed by atoms with Gasteiger partial charge in [0.2, 0.25) is 0 Å².